The van der Waals surface area contributed by atoms with Crippen LogP contribution in [-0.2, 0) is 9.63 Å². The fourth-order valence-corrected chi connectivity index (χ4v) is 5.14. The zero-order valence-electron chi connectivity index (χ0n) is 18.5. The maximum Gasteiger partial charge on any atom is 0.225 e. The first kappa shape index (κ1) is 24.3. The highest BCUT2D eigenvalue weighted by atomic mass is 35.5. The molecule has 0 saturated carbocycles. The topological polar surface area (TPSA) is 71.2 Å². The van der Waals surface area contributed by atoms with Crippen molar-refractivity contribution in [2.45, 2.75) is 51.0 Å². The first-order chi connectivity index (χ1) is 14.9. The first-order valence-electron chi connectivity index (χ1n) is 11.2. The van der Waals surface area contributed by atoms with E-state index in [2.05, 4.69) is 21.9 Å². The summed E-state index contributed by atoms with van der Waals surface area (Å²) in [5.74, 6) is 0.531. The Bertz CT molecular complexity index is 781. The Morgan fingerprint density at radius 3 is 2.61 bits per heavy atom. The highest BCUT2D eigenvalue weighted by molar-refractivity contribution is 6.42. The minimum absolute atomic E-state index is 0.0157. The molecule has 31 heavy (non-hydrogen) atoms. The van der Waals surface area contributed by atoms with Gasteiger partial charge in [-0.05, 0) is 56.3 Å². The normalized spacial score (nSPS) is 22.6. The minimum atomic E-state index is 0.0157. The third-order valence-corrected chi connectivity index (χ3v) is 7.38. The zero-order valence-corrected chi connectivity index (χ0v) is 20.0. The van der Waals surface area contributed by atoms with Gasteiger partial charge in [0, 0.05) is 44.1 Å². The number of benzene rings is 1. The van der Waals surface area contributed by atoms with E-state index < -0.39 is 0 Å². The van der Waals surface area contributed by atoms with E-state index in [1.165, 1.54) is 7.11 Å². The number of hydrogen-bond acceptors (Lipinski definition) is 5. The third kappa shape index (κ3) is 6.13. The SMILES string of the molecule is CO/N=C(\CN)C(CCN1CCC(N2CCCC(C)C2=O)CC1)c1ccc(Cl)c(Cl)c1. The first-order valence-corrected chi connectivity index (χ1v) is 12.0. The number of amides is 1. The molecule has 0 radical (unpaired) electrons. The number of likely N-dealkylation sites (tertiary alicyclic amines) is 2. The number of carbonyl (C=O) groups is 1. The van der Waals surface area contributed by atoms with Crippen LogP contribution in [-0.4, -0.2) is 67.3 Å². The van der Waals surface area contributed by atoms with E-state index in [-0.39, 0.29) is 11.8 Å². The lowest BCUT2D eigenvalue weighted by molar-refractivity contribution is -0.141. The quantitative estimate of drug-likeness (QED) is 0.459. The predicted octanol–water partition coefficient (Wildman–Crippen LogP) is 4.15. The van der Waals surface area contributed by atoms with Gasteiger partial charge < -0.3 is 20.4 Å². The van der Waals surface area contributed by atoms with Crippen LogP contribution in [0.15, 0.2) is 23.4 Å². The maximum atomic E-state index is 12.6. The number of nitrogens with two attached hydrogens (primary N) is 1. The molecule has 0 aliphatic carbocycles. The van der Waals surface area contributed by atoms with Gasteiger partial charge in [0.1, 0.15) is 7.11 Å². The number of halogens is 2. The van der Waals surface area contributed by atoms with Crippen molar-refractivity contribution in [3.8, 4) is 0 Å². The minimum Gasteiger partial charge on any atom is -0.399 e. The van der Waals surface area contributed by atoms with Gasteiger partial charge in [-0.3, -0.25) is 4.79 Å². The Morgan fingerprint density at radius 1 is 1.23 bits per heavy atom. The number of piperidine rings is 2. The molecule has 2 aliphatic heterocycles. The van der Waals surface area contributed by atoms with Crippen molar-refractivity contribution in [2.75, 3.05) is 39.8 Å². The van der Waals surface area contributed by atoms with Gasteiger partial charge in [0.2, 0.25) is 5.91 Å². The molecule has 8 heteroatoms. The van der Waals surface area contributed by atoms with Crippen LogP contribution in [0.4, 0.5) is 0 Å². The Balaban J connectivity index is 1.61. The number of carbonyl (C=O) groups excluding carboxylic acids is 1. The Kier molecular flexibility index (Phi) is 9.02. The summed E-state index contributed by atoms with van der Waals surface area (Å²) in [6, 6.07) is 6.07. The lowest BCUT2D eigenvalue weighted by Crippen LogP contribution is -2.51. The van der Waals surface area contributed by atoms with Crippen molar-refractivity contribution < 1.29 is 9.63 Å². The third-order valence-electron chi connectivity index (χ3n) is 6.64. The van der Waals surface area contributed by atoms with Crippen molar-refractivity contribution in [1.82, 2.24) is 9.80 Å². The maximum absolute atomic E-state index is 12.6. The van der Waals surface area contributed by atoms with Crippen LogP contribution >= 0.6 is 23.2 Å². The lowest BCUT2D eigenvalue weighted by atomic mass is 9.90. The van der Waals surface area contributed by atoms with Crippen molar-refractivity contribution in [3.05, 3.63) is 33.8 Å². The van der Waals surface area contributed by atoms with Crippen molar-refractivity contribution >= 4 is 34.8 Å². The van der Waals surface area contributed by atoms with Crippen LogP contribution in [0.1, 0.15) is 50.5 Å². The fraction of sp³-hybridized carbons (Fsp3) is 0.652. The molecule has 3 rings (SSSR count). The van der Waals surface area contributed by atoms with E-state index in [1.807, 2.05) is 18.2 Å². The van der Waals surface area contributed by atoms with Gasteiger partial charge in [0.25, 0.3) is 0 Å². The average Bonchev–Trinajstić information content (AvgIpc) is 2.77. The monoisotopic (exact) mass is 468 g/mol. The molecule has 1 amide bonds. The van der Waals surface area contributed by atoms with E-state index in [9.17, 15) is 4.79 Å². The second-order valence-corrected chi connectivity index (χ2v) is 9.45. The van der Waals surface area contributed by atoms with Crippen molar-refractivity contribution in [1.29, 1.82) is 0 Å². The van der Waals surface area contributed by atoms with Crippen LogP contribution in [0.25, 0.3) is 0 Å². The zero-order chi connectivity index (χ0) is 22.4. The van der Waals surface area contributed by atoms with Crippen LogP contribution in [0, 0.1) is 5.92 Å². The Morgan fingerprint density at radius 2 is 1.97 bits per heavy atom. The van der Waals surface area contributed by atoms with Crippen LogP contribution in [0.5, 0.6) is 0 Å². The second kappa shape index (κ2) is 11.5. The molecule has 2 unspecified atom stereocenters. The molecule has 1 aromatic rings. The van der Waals surface area contributed by atoms with Crippen LogP contribution in [0.3, 0.4) is 0 Å². The molecule has 2 aliphatic rings. The number of oxime groups is 1. The van der Waals surface area contributed by atoms with E-state index in [0.29, 0.717) is 28.5 Å². The molecule has 2 saturated heterocycles. The number of nitrogens with zero attached hydrogens (tertiary/aromatic N) is 3. The van der Waals surface area contributed by atoms with Gasteiger partial charge >= 0.3 is 0 Å². The Labute approximate surface area is 195 Å². The molecule has 2 fully saturated rings. The highest BCUT2D eigenvalue weighted by Crippen LogP contribution is 2.30. The number of rotatable bonds is 8. The van der Waals surface area contributed by atoms with E-state index >= 15 is 0 Å². The summed E-state index contributed by atoms with van der Waals surface area (Å²) in [7, 11) is 1.54. The summed E-state index contributed by atoms with van der Waals surface area (Å²) in [5, 5.41) is 5.24. The Hall–Kier alpha value is -1.34. The highest BCUT2D eigenvalue weighted by Gasteiger charge is 2.33. The largest absolute Gasteiger partial charge is 0.399 e. The fourth-order valence-electron chi connectivity index (χ4n) is 4.83. The molecule has 0 aromatic heterocycles. The smallest absolute Gasteiger partial charge is 0.225 e. The molecular formula is C23H34Cl2N4O2. The lowest BCUT2D eigenvalue weighted by Gasteiger charge is -2.42. The molecule has 2 N–H and O–H groups in total. The molecule has 0 spiro atoms. The molecule has 172 valence electrons. The van der Waals surface area contributed by atoms with Gasteiger partial charge in [-0.2, -0.15) is 0 Å². The van der Waals surface area contributed by atoms with Crippen molar-refractivity contribution in [3.63, 3.8) is 0 Å². The van der Waals surface area contributed by atoms with Gasteiger partial charge in [0.05, 0.1) is 15.8 Å². The van der Waals surface area contributed by atoms with Gasteiger partial charge in [-0.25, -0.2) is 0 Å². The second-order valence-electron chi connectivity index (χ2n) is 8.63. The summed E-state index contributed by atoms with van der Waals surface area (Å²) in [6.45, 7) is 6.21. The molecule has 0 bridgehead atoms. The van der Waals surface area contributed by atoms with E-state index in [1.54, 1.807) is 0 Å². The van der Waals surface area contributed by atoms with E-state index in [4.69, 9.17) is 33.8 Å². The van der Waals surface area contributed by atoms with E-state index in [0.717, 1.165) is 69.6 Å². The molecular weight excluding hydrogens is 435 g/mol. The molecule has 1 aromatic carbocycles. The molecule has 6 nitrogen and oxygen atoms in total. The molecule has 2 atom stereocenters. The summed E-state index contributed by atoms with van der Waals surface area (Å²) in [6.07, 6.45) is 5.08. The van der Waals surface area contributed by atoms with Crippen LogP contribution < -0.4 is 5.73 Å². The molecule has 2 heterocycles. The standard InChI is InChI=1S/C23H34Cl2N4O2/c1-16-4-3-10-29(23(16)30)18-7-11-28(12-8-18)13-9-19(22(15-26)27-31-2)17-5-6-20(24)21(25)14-17/h5-6,14,16,18-19H,3-4,7-13,15,26H2,1-2H3/b27-22+. The summed E-state index contributed by atoms with van der Waals surface area (Å²) in [5.41, 5.74) is 7.81. The van der Waals surface area contributed by atoms with Gasteiger partial charge in [-0.1, -0.05) is 41.3 Å². The van der Waals surface area contributed by atoms with Crippen molar-refractivity contribution in [2.24, 2.45) is 16.8 Å². The predicted molar refractivity (Wildman–Crippen MR) is 127 cm³/mol. The number of hydrogen-bond donors (Lipinski definition) is 1. The van der Waals surface area contributed by atoms with Gasteiger partial charge in [0.15, 0.2) is 0 Å². The summed E-state index contributed by atoms with van der Waals surface area (Å²) in [4.78, 5) is 22.2. The average molecular weight is 469 g/mol. The summed E-state index contributed by atoms with van der Waals surface area (Å²) < 4.78 is 0. The summed E-state index contributed by atoms with van der Waals surface area (Å²) >= 11 is 12.4. The van der Waals surface area contributed by atoms with Gasteiger partial charge in [-0.15, -0.1) is 0 Å². The van der Waals surface area contributed by atoms with Crippen LogP contribution in [0.2, 0.25) is 10.0 Å².